The third kappa shape index (κ3) is 4.03. The van der Waals surface area contributed by atoms with Gasteiger partial charge in [-0.15, -0.1) is 0 Å². The van der Waals surface area contributed by atoms with Crippen LogP contribution >= 0.6 is 0 Å². The van der Waals surface area contributed by atoms with E-state index >= 15 is 0 Å². The Morgan fingerprint density at radius 1 is 0.833 bits per heavy atom. The highest BCUT2D eigenvalue weighted by Gasteiger charge is 2.73. The lowest BCUT2D eigenvalue weighted by molar-refractivity contribution is -0.298. The molecule has 3 nitrogen and oxygen atoms in total. The fourth-order valence-corrected chi connectivity index (χ4v) is 1.57. The van der Waals surface area contributed by atoms with Crippen molar-refractivity contribution in [2.24, 2.45) is 0 Å². The van der Waals surface area contributed by atoms with Gasteiger partial charge in [-0.05, 0) is 19.1 Å². The summed E-state index contributed by atoms with van der Waals surface area (Å²) in [5.41, 5.74) is -5.63. The molecule has 0 aliphatic carbocycles. The number of carbonyl (C=O) groups is 1. The second-order valence-electron chi connectivity index (χ2n) is 4.69. The van der Waals surface area contributed by atoms with Crippen LogP contribution in [0.1, 0.15) is 5.56 Å². The van der Waals surface area contributed by atoms with E-state index in [0.29, 0.717) is 5.56 Å². The van der Waals surface area contributed by atoms with Gasteiger partial charge in [-0.25, -0.2) is 0 Å². The van der Waals surface area contributed by atoms with E-state index in [1.165, 1.54) is 6.92 Å². The highest BCUT2D eigenvalue weighted by atomic mass is 19.4. The summed E-state index contributed by atoms with van der Waals surface area (Å²) in [6, 6.07) is 3.85. The molecule has 2 N–H and O–H groups in total. The lowest BCUT2D eigenvalue weighted by Gasteiger charge is -2.39. The van der Waals surface area contributed by atoms with Crippen LogP contribution in [0.25, 0.3) is 0 Å². The number of anilines is 1. The molecule has 1 aromatic carbocycles. The van der Waals surface area contributed by atoms with Gasteiger partial charge in [0.05, 0.1) is 0 Å². The summed E-state index contributed by atoms with van der Waals surface area (Å²) in [6.45, 7) is 1.48. The second-order valence-corrected chi connectivity index (χ2v) is 4.69. The number of carbonyl (C=O) groups excluding carboxylic acids is 1. The monoisotopic (exact) mass is 368 g/mol. The number of alkyl halides is 9. The summed E-state index contributed by atoms with van der Waals surface area (Å²) in [5.74, 6) is -3.39. The van der Waals surface area contributed by atoms with Crippen LogP contribution in [0.15, 0.2) is 24.3 Å². The first-order valence-corrected chi connectivity index (χ1v) is 5.98. The molecule has 0 heterocycles. The first kappa shape index (κ1) is 19.9. The summed E-state index contributed by atoms with van der Waals surface area (Å²) in [5, 5.41) is 0.909. The fraction of sp³-hybridized carbons (Fsp3) is 0.417. The Labute approximate surface area is 128 Å². The van der Waals surface area contributed by atoms with E-state index in [1.54, 1.807) is 0 Å². The molecule has 0 saturated carbocycles. The first-order valence-electron chi connectivity index (χ1n) is 5.98. The van der Waals surface area contributed by atoms with Crippen molar-refractivity contribution in [3.63, 3.8) is 0 Å². The van der Waals surface area contributed by atoms with Crippen molar-refractivity contribution in [2.75, 3.05) is 5.32 Å². The molecule has 1 aromatic rings. The van der Waals surface area contributed by atoms with Crippen molar-refractivity contribution in [3.05, 3.63) is 29.8 Å². The molecule has 0 aromatic heterocycles. The molecule has 0 radical (unpaired) electrons. The lowest BCUT2D eigenvalue weighted by atomic mass is 10.1. The summed E-state index contributed by atoms with van der Waals surface area (Å²) < 4.78 is 115. The minimum atomic E-state index is -6.32. The Balaban J connectivity index is 3.42. The summed E-state index contributed by atoms with van der Waals surface area (Å²) in [7, 11) is 0. The van der Waals surface area contributed by atoms with E-state index in [9.17, 15) is 44.3 Å². The van der Waals surface area contributed by atoms with Gasteiger partial charge < -0.3 is 10.6 Å². The number of hydrogen-bond acceptors (Lipinski definition) is 2. The van der Waals surface area contributed by atoms with Crippen molar-refractivity contribution in [3.8, 4) is 0 Å². The Morgan fingerprint density at radius 3 is 1.58 bits per heavy atom. The molecule has 0 aliphatic heterocycles. The zero-order valence-corrected chi connectivity index (χ0v) is 11.6. The van der Waals surface area contributed by atoms with E-state index < -0.39 is 35.8 Å². The maximum Gasteiger partial charge on any atom is 0.471 e. The van der Waals surface area contributed by atoms with Gasteiger partial charge in [-0.3, -0.25) is 4.79 Å². The number of aryl methyl sites for hydroxylation is 1. The third-order valence-electron chi connectivity index (χ3n) is 2.79. The van der Waals surface area contributed by atoms with Crippen molar-refractivity contribution >= 4 is 11.6 Å². The number of hydrogen-bond donors (Lipinski definition) is 2. The second kappa shape index (κ2) is 6.06. The van der Waals surface area contributed by atoms with Gasteiger partial charge in [0.15, 0.2) is 0 Å². The molecule has 0 spiro atoms. The predicted molar refractivity (Wildman–Crippen MR) is 63.8 cm³/mol. The van der Waals surface area contributed by atoms with Gasteiger partial charge in [0.2, 0.25) is 0 Å². The van der Waals surface area contributed by atoms with Gasteiger partial charge in [0.1, 0.15) is 0 Å². The van der Waals surface area contributed by atoms with Crippen LogP contribution in [0.3, 0.4) is 0 Å². The number of amides is 1. The van der Waals surface area contributed by atoms with Gasteiger partial charge in [0, 0.05) is 5.69 Å². The molecular weight excluding hydrogens is 359 g/mol. The maximum atomic E-state index is 13.0. The van der Waals surface area contributed by atoms with Crippen molar-refractivity contribution < 1.29 is 44.3 Å². The highest BCUT2D eigenvalue weighted by Crippen LogP contribution is 2.44. The SMILES string of the molecule is Cc1ccc(NC(NC(=O)C(F)(F)F)(C(F)(F)F)C(F)(F)F)cc1. The Bertz CT molecular complexity index is 573. The third-order valence-corrected chi connectivity index (χ3v) is 2.79. The van der Waals surface area contributed by atoms with Gasteiger partial charge in [-0.1, -0.05) is 17.7 Å². The van der Waals surface area contributed by atoms with Crippen LogP contribution in [0.5, 0.6) is 0 Å². The molecular formula is C12H9F9N2O. The van der Waals surface area contributed by atoms with Crippen molar-refractivity contribution in [2.45, 2.75) is 31.1 Å². The first-order chi connectivity index (χ1) is 10.6. The summed E-state index contributed by atoms with van der Waals surface area (Å²) in [4.78, 5) is 10.7. The van der Waals surface area contributed by atoms with Gasteiger partial charge in [-0.2, -0.15) is 39.5 Å². The molecule has 1 amide bonds. The normalized spacial score (nSPS) is 13.6. The number of benzene rings is 1. The molecule has 0 fully saturated rings. The molecule has 24 heavy (non-hydrogen) atoms. The van der Waals surface area contributed by atoms with E-state index in [2.05, 4.69) is 0 Å². The topological polar surface area (TPSA) is 41.1 Å². The Morgan fingerprint density at radius 2 is 1.25 bits per heavy atom. The molecule has 0 aliphatic rings. The molecule has 1 rings (SSSR count). The number of nitrogens with one attached hydrogen (secondary N) is 2. The van der Waals surface area contributed by atoms with E-state index in [-0.39, 0.29) is 5.32 Å². The Kier molecular flexibility index (Phi) is 5.02. The van der Waals surface area contributed by atoms with E-state index in [4.69, 9.17) is 0 Å². The van der Waals surface area contributed by atoms with Crippen LogP contribution in [-0.4, -0.2) is 30.1 Å². The molecule has 136 valence electrons. The summed E-state index contributed by atoms with van der Waals surface area (Å²) in [6.07, 6.45) is -18.6. The van der Waals surface area contributed by atoms with Crippen LogP contribution < -0.4 is 10.6 Å². The van der Waals surface area contributed by atoms with Crippen molar-refractivity contribution in [1.29, 1.82) is 0 Å². The highest BCUT2D eigenvalue weighted by molar-refractivity contribution is 5.83. The largest absolute Gasteiger partial charge is 0.471 e. The fourth-order valence-electron chi connectivity index (χ4n) is 1.57. The van der Waals surface area contributed by atoms with E-state index in [1.807, 2.05) is 0 Å². The lowest BCUT2D eigenvalue weighted by Crippen LogP contribution is -2.73. The summed E-state index contributed by atoms with van der Waals surface area (Å²) >= 11 is 0. The van der Waals surface area contributed by atoms with Crippen molar-refractivity contribution in [1.82, 2.24) is 5.32 Å². The minimum absolute atomic E-state index is 0.0116. The minimum Gasteiger partial charge on any atom is -0.348 e. The average molecular weight is 368 g/mol. The zero-order chi connectivity index (χ0) is 19.0. The average Bonchev–Trinajstić information content (AvgIpc) is 2.36. The maximum absolute atomic E-state index is 13.0. The van der Waals surface area contributed by atoms with Gasteiger partial charge in [0.25, 0.3) is 0 Å². The molecule has 12 heteroatoms. The van der Waals surface area contributed by atoms with E-state index in [0.717, 1.165) is 29.6 Å². The standard InChI is InChI=1S/C12H9F9N2O/c1-6-2-4-7(5-3-6)22-10(11(16,17)18,12(19,20)21)23-8(24)9(13,14)15/h2-5,22H,1H3,(H,23,24). The predicted octanol–water partition coefficient (Wildman–Crippen LogP) is 3.91. The molecule has 0 unspecified atom stereocenters. The Hall–Kier alpha value is -2.14. The molecule has 0 atom stereocenters. The van der Waals surface area contributed by atoms with Crippen LogP contribution in [0, 0.1) is 6.92 Å². The van der Waals surface area contributed by atoms with Crippen LogP contribution in [-0.2, 0) is 4.79 Å². The number of halogens is 9. The molecule has 0 bridgehead atoms. The quantitative estimate of drug-likeness (QED) is 0.628. The van der Waals surface area contributed by atoms with Gasteiger partial charge >= 0.3 is 30.1 Å². The smallest absolute Gasteiger partial charge is 0.348 e. The zero-order valence-electron chi connectivity index (χ0n) is 11.6. The number of rotatable bonds is 3. The van der Waals surface area contributed by atoms with Crippen LogP contribution in [0.2, 0.25) is 0 Å². The van der Waals surface area contributed by atoms with Crippen LogP contribution in [0.4, 0.5) is 45.2 Å². The molecule has 0 saturated heterocycles.